The van der Waals surface area contributed by atoms with Crippen LogP contribution < -0.4 is 15.1 Å². The highest BCUT2D eigenvalue weighted by Crippen LogP contribution is 2.23. The van der Waals surface area contributed by atoms with E-state index in [1.165, 1.54) is 16.8 Å². The molecule has 0 bridgehead atoms. The summed E-state index contributed by atoms with van der Waals surface area (Å²) in [7, 11) is 2.18. The lowest BCUT2D eigenvalue weighted by molar-refractivity contribution is 0.181. The van der Waals surface area contributed by atoms with Crippen LogP contribution in [0.15, 0.2) is 71.5 Å². The van der Waals surface area contributed by atoms with Crippen molar-refractivity contribution in [2.24, 2.45) is 4.99 Å². The Labute approximate surface area is 208 Å². The molecule has 0 saturated carbocycles. The molecular weight excluding hydrogens is 438 g/mol. The van der Waals surface area contributed by atoms with E-state index in [2.05, 4.69) is 77.4 Å². The number of hydrogen-bond acceptors (Lipinski definition) is 6. The quantitative estimate of drug-likeness (QED) is 0.532. The van der Waals surface area contributed by atoms with Gasteiger partial charge >= 0.3 is 6.09 Å². The van der Waals surface area contributed by atoms with Gasteiger partial charge in [-0.2, -0.15) is 0 Å². The second-order valence-electron chi connectivity index (χ2n) is 8.90. The van der Waals surface area contributed by atoms with E-state index in [1.807, 2.05) is 30.5 Å². The summed E-state index contributed by atoms with van der Waals surface area (Å²) >= 11 is 0. The Morgan fingerprint density at radius 1 is 1.06 bits per heavy atom. The average Bonchev–Trinajstić information content (AvgIpc) is 3.31. The highest BCUT2D eigenvalue weighted by molar-refractivity contribution is 5.89. The van der Waals surface area contributed by atoms with Crippen LogP contribution in [-0.4, -0.2) is 63.6 Å². The van der Waals surface area contributed by atoms with Crippen molar-refractivity contribution in [2.45, 2.75) is 20.3 Å². The molecule has 2 aliphatic heterocycles. The third-order valence-corrected chi connectivity index (χ3v) is 6.32. The molecule has 7 heteroatoms. The number of allylic oxidation sites excluding steroid dienone is 3. The molecule has 2 fully saturated rings. The minimum Gasteiger partial charge on any atom is -0.447 e. The van der Waals surface area contributed by atoms with E-state index in [9.17, 15) is 4.79 Å². The summed E-state index contributed by atoms with van der Waals surface area (Å²) in [5.41, 5.74) is 5.40. The zero-order chi connectivity index (χ0) is 24.6. The van der Waals surface area contributed by atoms with E-state index >= 15 is 0 Å². The molecule has 184 valence electrons. The number of amides is 1. The molecule has 2 aliphatic rings. The Morgan fingerprint density at radius 2 is 1.83 bits per heavy atom. The number of aliphatic imine (C=N–C) groups is 1. The van der Waals surface area contributed by atoms with Gasteiger partial charge in [0.15, 0.2) is 0 Å². The largest absolute Gasteiger partial charge is 0.447 e. The van der Waals surface area contributed by atoms with E-state index in [-0.39, 0.29) is 6.09 Å². The molecule has 2 saturated heterocycles. The zero-order valence-corrected chi connectivity index (χ0v) is 20.9. The summed E-state index contributed by atoms with van der Waals surface area (Å²) in [5, 5.41) is 3.37. The number of anilines is 3. The van der Waals surface area contributed by atoms with Crippen LogP contribution >= 0.6 is 0 Å². The molecule has 0 aromatic heterocycles. The minimum absolute atomic E-state index is 0.293. The number of hydrogen-bond donors (Lipinski definition) is 1. The second kappa shape index (κ2) is 11.7. The van der Waals surface area contributed by atoms with Crippen molar-refractivity contribution in [1.82, 2.24) is 4.90 Å². The zero-order valence-electron chi connectivity index (χ0n) is 20.9. The van der Waals surface area contributed by atoms with Gasteiger partial charge in [-0.1, -0.05) is 19.1 Å². The van der Waals surface area contributed by atoms with Crippen LogP contribution in [0, 0.1) is 0 Å². The SMILES string of the molecule is CC/C=C(/N=C\C=C(/C)c1cccc(N2CCN(C)CC2)c1)Nc1ccc(N2CCOC2=O)cc1. The number of nitrogens with zero attached hydrogens (tertiary/aromatic N) is 4. The first-order chi connectivity index (χ1) is 17.0. The van der Waals surface area contributed by atoms with E-state index in [0.29, 0.717) is 13.2 Å². The van der Waals surface area contributed by atoms with Gasteiger partial charge in [-0.3, -0.25) is 4.90 Å². The number of nitrogens with one attached hydrogen (secondary N) is 1. The Kier molecular flexibility index (Phi) is 8.21. The molecule has 2 aromatic carbocycles. The number of rotatable bonds is 8. The molecule has 1 amide bonds. The maximum atomic E-state index is 11.8. The standard InChI is InChI=1S/C28H35N5O2/c1-4-6-27(30-24-9-11-25(12-10-24)33-19-20-35-28(33)34)29-14-13-22(2)23-7-5-8-26(21-23)32-17-15-31(3)16-18-32/h5-14,21,30H,4,15-20H2,1-3H3/b22-13+,27-6-,29-14-. The maximum Gasteiger partial charge on any atom is 0.414 e. The molecule has 0 aliphatic carbocycles. The van der Waals surface area contributed by atoms with Gasteiger partial charge < -0.3 is 19.9 Å². The molecule has 4 rings (SSSR count). The summed E-state index contributed by atoms with van der Waals surface area (Å²) in [4.78, 5) is 22.9. The fourth-order valence-corrected chi connectivity index (χ4v) is 4.17. The predicted molar refractivity (Wildman–Crippen MR) is 145 cm³/mol. The molecule has 35 heavy (non-hydrogen) atoms. The highest BCUT2D eigenvalue weighted by atomic mass is 16.6. The summed E-state index contributed by atoms with van der Waals surface area (Å²) in [5.74, 6) is 0.788. The Bertz CT molecular complexity index is 1100. The lowest BCUT2D eigenvalue weighted by Crippen LogP contribution is -2.44. The third kappa shape index (κ3) is 6.51. The van der Waals surface area contributed by atoms with Gasteiger partial charge in [0, 0.05) is 49.5 Å². The van der Waals surface area contributed by atoms with E-state index in [0.717, 1.165) is 49.8 Å². The normalized spacial score (nSPS) is 17.9. The molecule has 2 aromatic rings. The van der Waals surface area contributed by atoms with E-state index < -0.39 is 0 Å². The number of carbonyl (C=O) groups excluding carboxylic acids is 1. The smallest absolute Gasteiger partial charge is 0.414 e. The number of cyclic esters (lactones) is 1. The van der Waals surface area contributed by atoms with Crippen molar-refractivity contribution in [2.75, 3.05) is 61.5 Å². The van der Waals surface area contributed by atoms with Crippen molar-refractivity contribution in [1.29, 1.82) is 0 Å². The van der Waals surface area contributed by atoms with Gasteiger partial charge in [-0.05, 0) is 80.1 Å². The Balaban J connectivity index is 1.40. The van der Waals surface area contributed by atoms with Gasteiger partial charge in [0.25, 0.3) is 0 Å². The van der Waals surface area contributed by atoms with E-state index in [4.69, 9.17) is 4.74 Å². The number of benzene rings is 2. The van der Waals surface area contributed by atoms with Crippen LogP contribution in [0.4, 0.5) is 21.9 Å². The second-order valence-corrected chi connectivity index (χ2v) is 8.90. The lowest BCUT2D eigenvalue weighted by atomic mass is 10.1. The molecule has 7 nitrogen and oxygen atoms in total. The van der Waals surface area contributed by atoms with Crippen LogP contribution in [0.5, 0.6) is 0 Å². The average molecular weight is 474 g/mol. The first kappa shape index (κ1) is 24.5. The Morgan fingerprint density at radius 3 is 2.51 bits per heavy atom. The molecular formula is C28H35N5O2. The molecule has 0 radical (unpaired) electrons. The highest BCUT2D eigenvalue weighted by Gasteiger charge is 2.23. The third-order valence-electron chi connectivity index (χ3n) is 6.32. The first-order valence-corrected chi connectivity index (χ1v) is 12.3. The van der Waals surface area contributed by atoms with Crippen LogP contribution in [-0.2, 0) is 4.74 Å². The van der Waals surface area contributed by atoms with Crippen molar-refractivity contribution < 1.29 is 9.53 Å². The van der Waals surface area contributed by atoms with Gasteiger partial charge in [-0.25, -0.2) is 9.79 Å². The van der Waals surface area contributed by atoms with E-state index in [1.54, 1.807) is 4.90 Å². The van der Waals surface area contributed by atoms with Gasteiger partial charge in [0.2, 0.25) is 0 Å². The van der Waals surface area contributed by atoms with Crippen molar-refractivity contribution in [3.63, 3.8) is 0 Å². The summed E-state index contributed by atoms with van der Waals surface area (Å²) in [6, 6.07) is 16.5. The number of carbonyl (C=O) groups is 1. The minimum atomic E-state index is -0.293. The summed E-state index contributed by atoms with van der Waals surface area (Å²) < 4.78 is 5.02. The van der Waals surface area contributed by atoms with Gasteiger partial charge in [0.05, 0.1) is 6.54 Å². The molecule has 0 spiro atoms. The van der Waals surface area contributed by atoms with Crippen LogP contribution in [0.1, 0.15) is 25.8 Å². The number of likely N-dealkylation sites (N-methyl/N-ethyl adjacent to an activating group) is 1. The fourth-order valence-electron chi connectivity index (χ4n) is 4.17. The van der Waals surface area contributed by atoms with Gasteiger partial charge in [0.1, 0.15) is 12.4 Å². The summed E-state index contributed by atoms with van der Waals surface area (Å²) in [6.45, 7) is 9.54. The Hall–Kier alpha value is -3.58. The van der Waals surface area contributed by atoms with Crippen molar-refractivity contribution in [3.05, 3.63) is 72.1 Å². The summed E-state index contributed by atoms with van der Waals surface area (Å²) in [6.07, 6.45) is 6.53. The topological polar surface area (TPSA) is 60.4 Å². The van der Waals surface area contributed by atoms with Crippen molar-refractivity contribution in [3.8, 4) is 0 Å². The number of ether oxygens (including phenoxy) is 1. The molecule has 0 atom stereocenters. The number of piperazine rings is 1. The first-order valence-electron chi connectivity index (χ1n) is 12.3. The van der Waals surface area contributed by atoms with Gasteiger partial charge in [-0.15, -0.1) is 0 Å². The van der Waals surface area contributed by atoms with Crippen LogP contribution in [0.3, 0.4) is 0 Å². The fraction of sp³-hybridized carbons (Fsp3) is 0.357. The maximum absolute atomic E-state index is 11.8. The predicted octanol–water partition coefficient (Wildman–Crippen LogP) is 5.23. The monoisotopic (exact) mass is 473 g/mol. The van der Waals surface area contributed by atoms with Crippen molar-refractivity contribution >= 4 is 34.9 Å². The molecule has 0 unspecified atom stereocenters. The van der Waals surface area contributed by atoms with Crippen LogP contribution in [0.25, 0.3) is 5.57 Å². The lowest BCUT2D eigenvalue weighted by Gasteiger charge is -2.34. The molecule has 1 N–H and O–H groups in total. The molecule has 2 heterocycles. The van der Waals surface area contributed by atoms with Crippen LogP contribution in [0.2, 0.25) is 0 Å².